The zero-order valence-electron chi connectivity index (χ0n) is 16.8. The van der Waals surface area contributed by atoms with Crippen LogP contribution in [-0.2, 0) is 9.59 Å². The SMILES string of the molecule is CC1N2C(=O)C(NC(=O)C(NC(=O)N3CCNC3)c3ccccc3)C2SC1(C)C. The van der Waals surface area contributed by atoms with E-state index in [0.717, 1.165) is 6.54 Å². The largest absolute Gasteiger partial charge is 0.340 e. The lowest BCUT2D eigenvalue weighted by atomic mass is 9.97. The summed E-state index contributed by atoms with van der Waals surface area (Å²) in [6.45, 7) is 8.05. The van der Waals surface area contributed by atoms with Gasteiger partial charge in [0.05, 0.1) is 6.67 Å². The summed E-state index contributed by atoms with van der Waals surface area (Å²) in [5.74, 6) is -0.427. The quantitative estimate of drug-likeness (QED) is 0.632. The van der Waals surface area contributed by atoms with Crippen LogP contribution in [0.1, 0.15) is 32.4 Å². The molecule has 4 amide bonds. The van der Waals surface area contributed by atoms with E-state index in [-0.39, 0.29) is 34.0 Å². The fourth-order valence-corrected chi connectivity index (χ4v) is 5.63. The van der Waals surface area contributed by atoms with Crippen molar-refractivity contribution in [2.75, 3.05) is 19.8 Å². The van der Waals surface area contributed by atoms with Crippen LogP contribution in [0.3, 0.4) is 0 Å². The van der Waals surface area contributed by atoms with Crippen LogP contribution in [0, 0.1) is 0 Å². The number of rotatable bonds is 4. The number of hydrogen-bond acceptors (Lipinski definition) is 5. The minimum Gasteiger partial charge on any atom is -0.340 e. The van der Waals surface area contributed by atoms with Crippen molar-refractivity contribution in [1.29, 1.82) is 0 Å². The van der Waals surface area contributed by atoms with E-state index < -0.39 is 12.1 Å². The Bertz CT molecular complexity index is 812. The molecule has 4 unspecified atom stereocenters. The van der Waals surface area contributed by atoms with E-state index >= 15 is 0 Å². The summed E-state index contributed by atoms with van der Waals surface area (Å²) < 4.78 is -0.0599. The third-order valence-corrected chi connectivity index (χ3v) is 7.73. The summed E-state index contributed by atoms with van der Waals surface area (Å²) in [6, 6.07) is 7.51. The lowest BCUT2D eigenvalue weighted by Crippen LogP contribution is -2.69. The standard InChI is InChI=1S/C20H27N5O3S/c1-12-20(2,3)29-18-15(17(27)25(12)18)22-16(26)14(13-7-5-4-6-8-13)23-19(28)24-10-9-21-11-24/h4-8,12,14-15,18,21H,9-11H2,1-3H3,(H,22,26)(H,23,28). The Morgan fingerprint density at radius 2 is 2.00 bits per heavy atom. The molecule has 0 aromatic heterocycles. The minimum atomic E-state index is -0.858. The number of carbonyl (C=O) groups is 3. The Morgan fingerprint density at radius 1 is 1.28 bits per heavy atom. The number of amides is 4. The van der Waals surface area contributed by atoms with Crippen molar-refractivity contribution in [3.05, 3.63) is 35.9 Å². The summed E-state index contributed by atoms with van der Waals surface area (Å²) in [4.78, 5) is 41.9. The monoisotopic (exact) mass is 417 g/mol. The summed E-state index contributed by atoms with van der Waals surface area (Å²) in [7, 11) is 0. The number of nitrogens with one attached hydrogen (secondary N) is 3. The summed E-state index contributed by atoms with van der Waals surface area (Å²) in [6.07, 6.45) is 0. The summed E-state index contributed by atoms with van der Waals surface area (Å²) >= 11 is 1.71. The molecule has 3 fully saturated rings. The maximum atomic E-state index is 13.1. The lowest BCUT2D eigenvalue weighted by molar-refractivity contribution is -0.151. The zero-order chi connectivity index (χ0) is 20.8. The highest BCUT2D eigenvalue weighted by molar-refractivity contribution is 8.01. The molecule has 4 atom stereocenters. The van der Waals surface area contributed by atoms with Gasteiger partial charge in [-0.2, -0.15) is 0 Å². The van der Waals surface area contributed by atoms with Gasteiger partial charge in [-0.1, -0.05) is 30.3 Å². The first kappa shape index (κ1) is 20.0. The Balaban J connectivity index is 1.49. The van der Waals surface area contributed by atoms with Crippen LogP contribution < -0.4 is 16.0 Å². The molecule has 0 saturated carbocycles. The molecule has 3 aliphatic rings. The molecule has 1 aromatic carbocycles. The molecule has 8 nitrogen and oxygen atoms in total. The second-order valence-electron chi connectivity index (χ2n) is 8.23. The number of carbonyl (C=O) groups excluding carboxylic acids is 3. The smallest absolute Gasteiger partial charge is 0.319 e. The van der Waals surface area contributed by atoms with Gasteiger partial charge in [0.1, 0.15) is 17.5 Å². The highest BCUT2D eigenvalue weighted by Crippen LogP contribution is 2.50. The number of urea groups is 1. The van der Waals surface area contributed by atoms with Crippen molar-refractivity contribution in [1.82, 2.24) is 25.8 Å². The van der Waals surface area contributed by atoms with Gasteiger partial charge in [0.25, 0.3) is 0 Å². The van der Waals surface area contributed by atoms with Gasteiger partial charge in [-0.25, -0.2) is 4.79 Å². The molecule has 4 rings (SSSR count). The van der Waals surface area contributed by atoms with E-state index in [4.69, 9.17) is 0 Å². The average Bonchev–Trinajstić information content (AvgIpc) is 3.31. The predicted molar refractivity (Wildman–Crippen MR) is 111 cm³/mol. The second kappa shape index (κ2) is 7.53. The number of hydrogen-bond donors (Lipinski definition) is 3. The Hall–Kier alpha value is -2.26. The van der Waals surface area contributed by atoms with Gasteiger partial charge in [-0.05, 0) is 26.3 Å². The maximum Gasteiger partial charge on any atom is 0.319 e. The molecule has 3 saturated heterocycles. The van der Waals surface area contributed by atoms with Gasteiger partial charge in [-0.3, -0.25) is 14.9 Å². The molecule has 0 spiro atoms. The van der Waals surface area contributed by atoms with E-state index in [1.807, 2.05) is 30.0 Å². The van der Waals surface area contributed by atoms with Crippen LogP contribution in [-0.4, -0.2) is 69.6 Å². The number of fused-ring (bicyclic) bond motifs is 1. The molecule has 156 valence electrons. The first-order valence-electron chi connectivity index (χ1n) is 9.91. The molecule has 1 aromatic rings. The Labute approximate surface area is 174 Å². The van der Waals surface area contributed by atoms with Crippen molar-refractivity contribution in [3.8, 4) is 0 Å². The average molecular weight is 418 g/mol. The lowest BCUT2D eigenvalue weighted by Gasteiger charge is -2.44. The number of β-lactam (4-membered cyclic amide) rings is 1. The van der Waals surface area contributed by atoms with Gasteiger partial charge in [0.15, 0.2) is 0 Å². The Kier molecular flexibility index (Phi) is 5.20. The minimum absolute atomic E-state index is 0.0594. The molecule has 0 radical (unpaired) electrons. The van der Waals surface area contributed by atoms with Crippen LogP contribution in [0.4, 0.5) is 4.79 Å². The van der Waals surface area contributed by atoms with Gasteiger partial charge in [0.2, 0.25) is 11.8 Å². The number of nitrogens with zero attached hydrogens (tertiary/aromatic N) is 2. The van der Waals surface area contributed by atoms with Crippen LogP contribution in [0.5, 0.6) is 0 Å². The van der Waals surface area contributed by atoms with E-state index in [0.29, 0.717) is 18.8 Å². The fraction of sp³-hybridized carbons (Fsp3) is 0.550. The zero-order valence-corrected chi connectivity index (χ0v) is 17.7. The summed E-state index contributed by atoms with van der Waals surface area (Å²) in [5, 5.41) is 8.76. The van der Waals surface area contributed by atoms with E-state index in [1.165, 1.54) is 0 Å². The molecular weight excluding hydrogens is 390 g/mol. The highest BCUT2D eigenvalue weighted by Gasteiger charge is 2.60. The Morgan fingerprint density at radius 3 is 2.66 bits per heavy atom. The molecule has 9 heteroatoms. The molecule has 3 aliphatic heterocycles. The highest BCUT2D eigenvalue weighted by atomic mass is 32.2. The van der Waals surface area contributed by atoms with Crippen molar-refractivity contribution < 1.29 is 14.4 Å². The van der Waals surface area contributed by atoms with Gasteiger partial charge >= 0.3 is 6.03 Å². The second-order valence-corrected chi connectivity index (χ2v) is 10.0. The van der Waals surface area contributed by atoms with Crippen molar-refractivity contribution >= 4 is 29.6 Å². The third kappa shape index (κ3) is 3.57. The first-order valence-corrected chi connectivity index (χ1v) is 10.8. The topological polar surface area (TPSA) is 93.8 Å². The first-order chi connectivity index (χ1) is 13.8. The van der Waals surface area contributed by atoms with E-state index in [2.05, 4.69) is 29.8 Å². The maximum absolute atomic E-state index is 13.1. The third-order valence-electron chi connectivity index (χ3n) is 6.04. The van der Waals surface area contributed by atoms with E-state index in [1.54, 1.807) is 28.8 Å². The molecular formula is C20H27N5O3S. The molecule has 3 heterocycles. The van der Waals surface area contributed by atoms with Crippen LogP contribution in [0.15, 0.2) is 30.3 Å². The summed E-state index contributed by atoms with van der Waals surface area (Å²) in [5.41, 5.74) is 0.682. The molecule has 0 aliphatic carbocycles. The normalized spacial score (nSPS) is 28.5. The van der Waals surface area contributed by atoms with Gasteiger partial charge in [0, 0.05) is 23.9 Å². The van der Waals surface area contributed by atoms with Crippen molar-refractivity contribution in [2.24, 2.45) is 0 Å². The number of thioether (sulfide) groups is 1. The number of benzene rings is 1. The molecule has 0 bridgehead atoms. The van der Waals surface area contributed by atoms with Crippen LogP contribution in [0.2, 0.25) is 0 Å². The fourth-order valence-electron chi connectivity index (χ4n) is 3.98. The molecule has 29 heavy (non-hydrogen) atoms. The van der Waals surface area contributed by atoms with Crippen LogP contribution >= 0.6 is 11.8 Å². The van der Waals surface area contributed by atoms with Crippen LogP contribution in [0.25, 0.3) is 0 Å². The van der Waals surface area contributed by atoms with Gasteiger partial charge in [-0.15, -0.1) is 11.8 Å². The van der Waals surface area contributed by atoms with Gasteiger partial charge < -0.3 is 20.4 Å². The molecule has 3 N–H and O–H groups in total. The predicted octanol–water partition coefficient (Wildman–Crippen LogP) is 0.867. The van der Waals surface area contributed by atoms with Crippen molar-refractivity contribution in [2.45, 2.75) is 49.0 Å². The van der Waals surface area contributed by atoms with Crippen molar-refractivity contribution in [3.63, 3.8) is 0 Å². The van der Waals surface area contributed by atoms with E-state index in [9.17, 15) is 14.4 Å².